The highest BCUT2D eigenvalue weighted by Gasteiger charge is 2.35. The summed E-state index contributed by atoms with van der Waals surface area (Å²) in [6, 6.07) is 7.31. The summed E-state index contributed by atoms with van der Waals surface area (Å²) in [5.41, 5.74) is -0.127. The quantitative estimate of drug-likeness (QED) is 0.768. The van der Waals surface area contributed by atoms with E-state index in [1.54, 1.807) is 26.8 Å². The zero-order valence-corrected chi connectivity index (χ0v) is 13.6. The summed E-state index contributed by atoms with van der Waals surface area (Å²) in [5.74, 6) is -1.03. The van der Waals surface area contributed by atoms with E-state index in [-0.39, 0.29) is 24.1 Å². The topological polar surface area (TPSA) is 75.7 Å². The van der Waals surface area contributed by atoms with Gasteiger partial charge in [0.15, 0.2) is 5.44 Å². The second-order valence-electron chi connectivity index (χ2n) is 6.10. The Hall–Kier alpha value is -1.69. The summed E-state index contributed by atoms with van der Waals surface area (Å²) in [6.07, 6.45) is -0.136. The third kappa shape index (κ3) is 4.40. The molecule has 0 aliphatic carbocycles. The van der Waals surface area contributed by atoms with Crippen molar-refractivity contribution in [1.29, 1.82) is 0 Å². The van der Waals surface area contributed by atoms with E-state index in [1.807, 2.05) is 18.2 Å². The van der Waals surface area contributed by atoms with E-state index in [9.17, 15) is 14.7 Å². The number of carbonyl (C=O) groups is 2. The fourth-order valence-corrected chi connectivity index (χ4v) is 3.31. The van der Waals surface area contributed by atoms with Crippen molar-refractivity contribution in [3.8, 4) is 5.75 Å². The van der Waals surface area contributed by atoms with E-state index in [0.717, 1.165) is 5.56 Å². The number of carbonyl (C=O) groups excluding carboxylic acids is 2. The molecule has 1 aliphatic rings. The molecule has 0 bridgehead atoms. The first-order valence-corrected chi connectivity index (χ1v) is 8.10. The lowest BCUT2D eigenvalue weighted by Crippen LogP contribution is -2.29. The van der Waals surface area contributed by atoms with Crippen molar-refractivity contribution < 1.29 is 24.2 Å². The van der Waals surface area contributed by atoms with Gasteiger partial charge in [0.1, 0.15) is 11.4 Å². The van der Waals surface area contributed by atoms with Gasteiger partial charge in [-0.3, -0.25) is 4.79 Å². The smallest absolute Gasteiger partial charge is 0.316 e. The van der Waals surface area contributed by atoms with Crippen LogP contribution in [-0.4, -0.2) is 28.7 Å². The number of esters is 1. The molecule has 0 radical (unpaired) electrons. The van der Waals surface area contributed by atoms with Gasteiger partial charge in [0, 0.05) is 17.5 Å². The summed E-state index contributed by atoms with van der Waals surface area (Å²) >= 11 is 1.25. The number of hydrogen-bond acceptors (Lipinski definition) is 6. The van der Waals surface area contributed by atoms with Crippen LogP contribution in [0.25, 0.3) is 0 Å². The van der Waals surface area contributed by atoms with Gasteiger partial charge in [0.05, 0.1) is 5.75 Å². The van der Waals surface area contributed by atoms with Crippen LogP contribution >= 0.6 is 11.8 Å². The average molecular weight is 323 g/mol. The molecule has 0 fully saturated rings. The van der Waals surface area contributed by atoms with Gasteiger partial charge in [0.2, 0.25) is 0 Å². The Morgan fingerprint density at radius 2 is 2.00 bits per heavy atom. The van der Waals surface area contributed by atoms with Crippen LogP contribution in [0.15, 0.2) is 24.3 Å². The zero-order chi connectivity index (χ0) is 16.3. The van der Waals surface area contributed by atoms with Crippen molar-refractivity contribution in [1.82, 2.24) is 0 Å². The number of para-hydroxylation sites is 1. The Morgan fingerprint density at radius 1 is 1.32 bits per heavy atom. The van der Waals surface area contributed by atoms with Crippen LogP contribution in [-0.2, 0) is 14.3 Å². The van der Waals surface area contributed by atoms with Crippen LogP contribution in [0, 0.1) is 0 Å². The summed E-state index contributed by atoms with van der Waals surface area (Å²) in [6.45, 7) is 5.41. The number of carboxylic acid groups (broad SMARTS) is 1. The Morgan fingerprint density at radius 3 is 2.64 bits per heavy atom. The molecule has 6 heteroatoms. The minimum atomic E-state index is -1.13. The van der Waals surface area contributed by atoms with Crippen LogP contribution in [0.2, 0.25) is 0 Å². The Labute approximate surface area is 134 Å². The number of rotatable bonds is 5. The first-order chi connectivity index (χ1) is 10.3. The molecule has 1 aliphatic heterocycles. The normalized spacial score (nSPS) is 20.1. The van der Waals surface area contributed by atoms with E-state index in [1.165, 1.54) is 11.8 Å². The molecule has 2 unspecified atom stereocenters. The second-order valence-corrected chi connectivity index (χ2v) is 7.19. The fraction of sp³-hybridized carbons (Fsp3) is 0.500. The maximum Gasteiger partial charge on any atom is 0.316 e. The van der Waals surface area contributed by atoms with Crippen LogP contribution in [0.5, 0.6) is 5.75 Å². The SMILES string of the molecule is CC(C)(C)OC(=O)CSC1Oc2ccccc2C1CC(=O)[O-]. The van der Waals surface area contributed by atoms with Crippen molar-refractivity contribution in [2.45, 2.75) is 44.1 Å². The summed E-state index contributed by atoms with van der Waals surface area (Å²) < 4.78 is 11.0. The molecule has 5 nitrogen and oxygen atoms in total. The zero-order valence-electron chi connectivity index (χ0n) is 12.8. The van der Waals surface area contributed by atoms with Crippen LogP contribution in [0.3, 0.4) is 0 Å². The number of thioether (sulfide) groups is 1. The van der Waals surface area contributed by atoms with E-state index in [4.69, 9.17) is 9.47 Å². The molecule has 1 aromatic carbocycles. The lowest BCUT2D eigenvalue weighted by Gasteiger charge is -2.21. The fourth-order valence-electron chi connectivity index (χ4n) is 2.31. The van der Waals surface area contributed by atoms with Crippen LogP contribution < -0.4 is 9.84 Å². The van der Waals surface area contributed by atoms with E-state index < -0.39 is 17.0 Å². The Bertz CT molecular complexity index is 564. The molecule has 1 heterocycles. The molecule has 0 aromatic heterocycles. The van der Waals surface area contributed by atoms with Crippen LogP contribution in [0.4, 0.5) is 0 Å². The van der Waals surface area contributed by atoms with Crippen molar-refractivity contribution in [3.63, 3.8) is 0 Å². The molecule has 0 saturated carbocycles. The summed E-state index contributed by atoms with van der Waals surface area (Å²) in [5, 5.41) is 11.0. The van der Waals surface area contributed by atoms with Gasteiger partial charge in [-0.2, -0.15) is 0 Å². The molecule has 0 saturated heterocycles. The van der Waals surface area contributed by atoms with Gasteiger partial charge in [-0.1, -0.05) is 18.2 Å². The van der Waals surface area contributed by atoms with Crippen molar-refractivity contribution >= 4 is 23.7 Å². The lowest BCUT2D eigenvalue weighted by atomic mass is 9.98. The maximum atomic E-state index is 11.8. The van der Waals surface area contributed by atoms with Crippen molar-refractivity contribution in [2.75, 3.05) is 5.75 Å². The van der Waals surface area contributed by atoms with Gasteiger partial charge in [0.25, 0.3) is 0 Å². The predicted octanol–water partition coefficient (Wildman–Crippen LogP) is 1.70. The van der Waals surface area contributed by atoms with E-state index >= 15 is 0 Å². The number of hydrogen-bond donors (Lipinski definition) is 0. The molecule has 0 amide bonds. The third-order valence-electron chi connectivity index (χ3n) is 3.06. The molecular formula is C16H19O5S-. The highest BCUT2D eigenvalue weighted by atomic mass is 32.2. The predicted molar refractivity (Wildman–Crippen MR) is 81.5 cm³/mol. The first kappa shape index (κ1) is 16.7. The highest BCUT2D eigenvalue weighted by Crippen LogP contribution is 2.44. The van der Waals surface area contributed by atoms with Gasteiger partial charge in [-0.15, -0.1) is 11.8 Å². The average Bonchev–Trinajstić information content (AvgIpc) is 2.72. The second kappa shape index (κ2) is 6.60. The van der Waals surface area contributed by atoms with Gasteiger partial charge < -0.3 is 19.4 Å². The van der Waals surface area contributed by atoms with E-state index in [2.05, 4.69) is 0 Å². The molecule has 2 atom stereocenters. The van der Waals surface area contributed by atoms with Crippen LogP contribution in [0.1, 0.15) is 38.7 Å². The monoisotopic (exact) mass is 323 g/mol. The largest absolute Gasteiger partial charge is 0.550 e. The van der Waals surface area contributed by atoms with Crippen molar-refractivity contribution in [2.24, 2.45) is 0 Å². The molecule has 22 heavy (non-hydrogen) atoms. The number of benzene rings is 1. The molecule has 1 aromatic rings. The van der Waals surface area contributed by atoms with Gasteiger partial charge in [-0.05, 0) is 33.3 Å². The van der Waals surface area contributed by atoms with Crippen molar-refractivity contribution in [3.05, 3.63) is 29.8 Å². The third-order valence-corrected chi connectivity index (χ3v) is 4.22. The minimum Gasteiger partial charge on any atom is -0.550 e. The number of carboxylic acids is 1. The van der Waals surface area contributed by atoms with Gasteiger partial charge in [-0.25, -0.2) is 0 Å². The number of aliphatic carboxylic acids is 1. The Kier molecular flexibility index (Phi) is 5.01. The molecule has 120 valence electrons. The van der Waals surface area contributed by atoms with Gasteiger partial charge >= 0.3 is 5.97 Å². The van der Waals surface area contributed by atoms with E-state index in [0.29, 0.717) is 5.75 Å². The highest BCUT2D eigenvalue weighted by molar-refractivity contribution is 8.00. The standard InChI is InChI=1S/C16H20O5S/c1-16(2,3)21-14(19)9-22-15-11(8-13(17)18)10-6-4-5-7-12(10)20-15/h4-7,11,15H,8-9H2,1-3H3,(H,17,18)/p-1. The molecular weight excluding hydrogens is 304 g/mol. The summed E-state index contributed by atoms with van der Waals surface area (Å²) in [7, 11) is 0. The maximum absolute atomic E-state index is 11.8. The number of fused-ring (bicyclic) bond motifs is 1. The lowest BCUT2D eigenvalue weighted by molar-refractivity contribution is -0.306. The number of ether oxygens (including phenoxy) is 2. The molecule has 2 rings (SSSR count). The molecule has 0 N–H and O–H groups in total. The summed E-state index contributed by atoms with van der Waals surface area (Å²) in [4.78, 5) is 22.8. The Balaban J connectivity index is 2.01. The first-order valence-electron chi connectivity index (χ1n) is 7.05. The minimum absolute atomic E-state index is 0.111. The molecule has 0 spiro atoms.